The normalized spacial score (nSPS) is 20.5. The lowest BCUT2D eigenvalue weighted by Crippen LogP contribution is -2.13. The number of nitrogens with one attached hydrogen (secondary N) is 2. The number of nitrogens with zero attached hydrogens (tertiary/aromatic N) is 2. The van der Waals surface area contributed by atoms with Crippen molar-refractivity contribution in [3.63, 3.8) is 0 Å². The Labute approximate surface area is 94.5 Å². The fourth-order valence-electron chi connectivity index (χ4n) is 1.79. The Bertz CT molecular complexity index is 312. The highest BCUT2D eigenvalue weighted by Crippen LogP contribution is 2.12. The lowest BCUT2D eigenvalue weighted by Gasteiger charge is -2.09. The summed E-state index contributed by atoms with van der Waals surface area (Å²) in [6, 6.07) is 0. The zero-order valence-electron chi connectivity index (χ0n) is 8.54. The third kappa shape index (κ3) is 3.32. The van der Waals surface area contributed by atoms with Gasteiger partial charge in [-0.15, -0.1) is 0 Å². The van der Waals surface area contributed by atoms with E-state index >= 15 is 0 Å². The third-order valence-electron chi connectivity index (χ3n) is 2.63. The molecule has 1 aliphatic rings. The van der Waals surface area contributed by atoms with Crippen LogP contribution in [-0.4, -0.2) is 29.6 Å². The van der Waals surface area contributed by atoms with E-state index in [1.807, 2.05) is 0 Å². The maximum atomic E-state index is 5.73. The molecule has 0 amide bonds. The number of anilines is 1. The fraction of sp³-hybridized carbons (Fsp3) is 0.600. The first-order chi connectivity index (χ1) is 7.34. The Morgan fingerprint density at radius 1 is 1.53 bits per heavy atom. The molecule has 2 rings (SSSR count). The quantitative estimate of drug-likeness (QED) is 0.818. The molecule has 4 nitrogen and oxygen atoms in total. The molecule has 1 aromatic heterocycles. The summed E-state index contributed by atoms with van der Waals surface area (Å²) in [7, 11) is 0. The van der Waals surface area contributed by atoms with Crippen LogP contribution in [0.1, 0.15) is 12.8 Å². The van der Waals surface area contributed by atoms with Crippen molar-refractivity contribution in [3.8, 4) is 0 Å². The number of aromatic nitrogens is 2. The highest BCUT2D eigenvalue weighted by Gasteiger charge is 2.13. The number of hydrogen-bond donors (Lipinski definition) is 2. The van der Waals surface area contributed by atoms with Crippen LogP contribution in [0.15, 0.2) is 12.4 Å². The summed E-state index contributed by atoms with van der Waals surface area (Å²) < 4.78 is 0. The van der Waals surface area contributed by atoms with Gasteiger partial charge in [-0.25, -0.2) is 4.98 Å². The predicted molar refractivity (Wildman–Crippen MR) is 61.1 cm³/mol. The number of hydrogen-bond acceptors (Lipinski definition) is 4. The molecule has 82 valence electrons. The van der Waals surface area contributed by atoms with Crippen LogP contribution in [0.25, 0.3) is 0 Å². The number of rotatable bonds is 4. The van der Waals surface area contributed by atoms with Gasteiger partial charge in [-0.3, -0.25) is 4.98 Å². The molecule has 0 aromatic carbocycles. The van der Waals surface area contributed by atoms with Crippen molar-refractivity contribution in [2.75, 3.05) is 25.0 Å². The summed E-state index contributed by atoms with van der Waals surface area (Å²) in [5.41, 5.74) is 0. The van der Waals surface area contributed by atoms with Crippen LogP contribution in [0.5, 0.6) is 0 Å². The molecular formula is C10H15ClN4. The van der Waals surface area contributed by atoms with E-state index in [0.29, 0.717) is 5.15 Å². The summed E-state index contributed by atoms with van der Waals surface area (Å²) in [5.74, 6) is 1.55. The van der Waals surface area contributed by atoms with Crippen molar-refractivity contribution in [1.29, 1.82) is 0 Å². The first-order valence-electron chi connectivity index (χ1n) is 5.27. The zero-order valence-corrected chi connectivity index (χ0v) is 9.30. The van der Waals surface area contributed by atoms with Crippen molar-refractivity contribution in [2.45, 2.75) is 12.8 Å². The average Bonchev–Trinajstić information content (AvgIpc) is 2.71. The molecule has 15 heavy (non-hydrogen) atoms. The Morgan fingerprint density at radius 3 is 3.20 bits per heavy atom. The van der Waals surface area contributed by atoms with Gasteiger partial charge in [-0.2, -0.15) is 0 Å². The minimum Gasteiger partial charge on any atom is -0.369 e. The molecule has 0 saturated carbocycles. The van der Waals surface area contributed by atoms with Gasteiger partial charge in [0.2, 0.25) is 0 Å². The summed E-state index contributed by atoms with van der Waals surface area (Å²) in [6.45, 7) is 3.23. The van der Waals surface area contributed by atoms with E-state index in [1.54, 1.807) is 6.20 Å². The van der Waals surface area contributed by atoms with Gasteiger partial charge in [0.1, 0.15) is 11.0 Å². The first kappa shape index (κ1) is 10.6. The topological polar surface area (TPSA) is 49.8 Å². The van der Waals surface area contributed by atoms with E-state index in [2.05, 4.69) is 20.6 Å². The van der Waals surface area contributed by atoms with E-state index in [1.165, 1.54) is 19.0 Å². The Morgan fingerprint density at radius 2 is 2.47 bits per heavy atom. The van der Waals surface area contributed by atoms with Crippen LogP contribution in [-0.2, 0) is 0 Å². The molecule has 1 fully saturated rings. The van der Waals surface area contributed by atoms with Crippen molar-refractivity contribution in [2.24, 2.45) is 5.92 Å². The van der Waals surface area contributed by atoms with Gasteiger partial charge in [-0.1, -0.05) is 11.6 Å². The Kier molecular flexibility index (Phi) is 3.75. The van der Waals surface area contributed by atoms with Gasteiger partial charge >= 0.3 is 0 Å². The van der Waals surface area contributed by atoms with Crippen LogP contribution >= 0.6 is 11.6 Å². The average molecular weight is 227 g/mol. The Hall–Kier alpha value is -0.870. The van der Waals surface area contributed by atoms with Crippen LogP contribution in [0.2, 0.25) is 5.15 Å². The smallest absolute Gasteiger partial charge is 0.149 e. The molecule has 1 aromatic rings. The molecule has 1 atom stereocenters. The van der Waals surface area contributed by atoms with Crippen molar-refractivity contribution < 1.29 is 0 Å². The molecule has 0 aliphatic carbocycles. The van der Waals surface area contributed by atoms with Crippen molar-refractivity contribution >= 4 is 17.4 Å². The van der Waals surface area contributed by atoms with Crippen molar-refractivity contribution in [1.82, 2.24) is 15.3 Å². The van der Waals surface area contributed by atoms with E-state index in [9.17, 15) is 0 Å². The van der Waals surface area contributed by atoms with E-state index in [0.717, 1.165) is 31.4 Å². The second-order valence-corrected chi connectivity index (χ2v) is 4.19. The van der Waals surface area contributed by atoms with E-state index < -0.39 is 0 Å². The summed E-state index contributed by atoms with van der Waals surface area (Å²) in [4.78, 5) is 8.08. The fourth-order valence-corrected chi connectivity index (χ4v) is 1.94. The predicted octanol–water partition coefficient (Wildman–Crippen LogP) is 1.54. The summed E-state index contributed by atoms with van der Waals surface area (Å²) >= 11 is 5.73. The monoisotopic (exact) mass is 226 g/mol. The molecular weight excluding hydrogens is 212 g/mol. The minimum atomic E-state index is 0.433. The largest absolute Gasteiger partial charge is 0.369 e. The van der Waals surface area contributed by atoms with Gasteiger partial charge in [0.05, 0.1) is 12.4 Å². The van der Waals surface area contributed by atoms with Crippen LogP contribution in [0.4, 0.5) is 5.82 Å². The highest BCUT2D eigenvalue weighted by atomic mass is 35.5. The minimum absolute atomic E-state index is 0.433. The van der Waals surface area contributed by atoms with Gasteiger partial charge in [0, 0.05) is 6.54 Å². The summed E-state index contributed by atoms with van der Waals surface area (Å²) in [6.07, 6.45) is 5.68. The molecule has 2 heterocycles. The highest BCUT2D eigenvalue weighted by molar-refractivity contribution is 6.29. The SMILES string of the molecule is Clc1cncc(NCCC2CCNC2)n1. The lowest BCUT2D eigenvalue weighted by atomic mass is 10.1. The number of halogens is 1. The standard InChI is InChI=1S/C10H15ClN4/c11-9-6-13-7-10(15-9)14-4-2-8-1-3-12-5-8/h6-8,12H,1-5H2,(H,14,15). The maximum Gasteiger partial charge on any atom is 0.149 e. The molecule has 2 N–H and O–H groups in total. The molecule has 5 heteroatoms. The van der Waals surface area contributed by atoms with Gasteiger partial charge in [0.25, 0.3) is 0 Å². The molecule has 1 saturated heterocycles. The molecule has 0 spiro atoms. The van der Waals surface area contributed by atoms with Gasteiger partial charge in [-0.05, 0) is 31.8 Å². The molecule has 1 unspecified atom stereocenters. The van der Waals surface area contributed by atoms with Crippen LogP contribution in [0.3, 0.4) is 0 Å². The van der Waals surface area contributed by atoms with Crippen LogP contribution in [0, 0.1) is 5.92 Å². The zero-order chi connectivity index (χ0) is 10.5. The van der Waals surface area contributed by atoms with E-state index in [-0.39, 0.29) is 0 Å². The first-order valence-corrected chi connectivity index (χ1v) is 5.64. The second kappa shape index (κ2) is 5.28. The maximum absolute atomic E-state index is 5.73. The second-order valence-electron chi connectivity index (χ2n) is 3.80. The van der Waals surface area contributed by atoms with Gasteiger partial charge < -0.3 is 10.6 Å². The molecule has 1 aliphatic heterocycles. The molecule has 0 bridgehead atoms. The van der Waals surface area contributed by atoms with Gasteiger partial charge in [0.15, 0.2) is 0 Å². The summed E-state index contributed by atoms with van der Waals surface area (Å²) in [5, 5.41) is 7.01. The lowest BCUT2D eigenvalue weighted by molar-refractivity contribution is 0.549. The van der Waals surface area contributed by atoms with Crippen molar-refractivity contribution in [3.05, 3.63) is 17.5 Å². The molecule has 0 radical (unpaired) electrons. The van der Waals surface area contributed by atoms with E-state index in [4.69, 9.17) is 11.6 Å². The Balaban J connectivity index is 1.73. The third-order valence-corrected chi connectivity index (χ3v) is 2.81. The van der Waals surface area contributed by atoms with Crippen LogP contribution < -0.4 is 10.6 Å².